The highest BCUT2D eigenvalue weighted by molar-refractivity contribution is 5.28. The van der Waals surface area contributed by atoms with Crippen LogP contribution in [0.1, 0.15) is 36.6 Å². The molecular formula is C17H22N2O3. The van der Waals surface area contributed by atoms with Gasteiger partial charge in [-0.15, -0.1) is 0 Å². The highest BCUT2D eigenvalue weighted by Gasteiger charge is 2.17. The van der Waals surface area contributed by atoms with Gasteiger partial charge in [-0.2, -0.15) is 0 Å². The van der Waals surface area contributed by atoms with Crippen molar-refractivity contribution in [3.63, 3.8) is 0 Å². The average Bonchev–Trinajstić information content (AvgIpc) is 2.47. The third-order valence-electron chi connectivity index (χ3n) is 3.66. The van der Waals surface area contributed by atoms with E-state index in [-0.39, 0.29) is 17.2 Å². The number of aromatic nitrogens is 2. The first-order valence-electron chi connectivity index (χ1n) is 7.43. The number of ether oxygens (including phenoxy) is 1. The SMILES string of the molecule is COCCn1c(Cc2ccccc2)c(C(C)C)c(=O)[nH]c1=O. The van der Waals surface area contributed by atoms with E-state index in [0.29, 0.717) is 25.1 Å². The van der Waals surface area contributed by atoms with E-state index < -0.39 is 0 Å². The lowest BCUT2D eigenvalue weighted by Crippen LogP contribution is -2.37. The van der Waals surface area contributed by atoms with Crippen molar-refractivity contribution in [3.05, 3.63) is 68.0 Å². The van der Waals surface area contributed by atoms with Crippen molar-refractivity contribution in [2.75, 3.05) is 13.7 Å². The summed E-state index contributed by atoms with van der Waals surface area (Å²) in [6.07, 6.45) is 0.553. The van der Waals surface area contributed by atoms with Gasteiger partial charge >= 0.3 is 5.69 Å². The van der Waals surface area contributed by atoms with Crippen LogP contribution in [0.15, 0.2) is 39.9 Å². The molecule has 118 valence electrons. The number of rotatable bonds is 6. The quantitative estimate of drug-likeness (QED) is 0.886. The van der Waals surface area contributed by atoms with Crippen molar-refractivity contribution >= 4 is 0 Å². The summed E-state index contributed by atoms with van der Waals surface area (Å²) in [4.78, 5) is 26.8. The van der Waals surface area contributed by atoms with Gasteiger partial charge in [0.1, 0.15) is 0 Å². The second-order valence-electron chi connectivity index (χ2n) is 5.58. The second kappa shape index (κ2) is 7.22. The fourth-order valence-electron chi connectivity index (χ4n) is 2.63. The van der Waals surface area contributed by atoms with Crippen molar-refractivity contribution in [1.29, 1.82) is 0 Å². The molecule has 0 saturated carbocycles. The van der Waals surface area contributed by atoms with Gasteiger partial charge in [-0.25, -0.2) is 4.79 Å². The standard InChI is InChI=1S/C17H22N2O3/c1-12(2)15-14(11-13-7-5-4-6-8-13)19(9-10-22-3)17(21)18-16(15)20/h4-8,12H,9-11H2,1-3H3,(H,18,20,21). The van der Waals surface area contributed by atoms with Crippen LogP contribution in [0.25, 0.3) is 0 Å². The van der Waals surface area contributed by atoms with Crippen molar-refractivity contribution in [2.45, 2.75) is 32.7 Å². The minimum absolute atomic E-state index is 0.0388. The Balaban J connectivity index is 2.59. The number of H-pyrrole nitrogens is 1. The molecular weight excluding hydrogens is 280 g/mol. The molecule has 0 aliphatic carbocycles. The number of hydrogen-bond acceptors (Lipinski definition) is 3. The van der Waals surface area contributed by atoms with E-state index in [4.69, 9.17) is 4.74 Å². The summed E-state index contributed by atoms with van der Waals surface area (Å²) in [5.41, 5.74) is 1.84. The van der Waals surface area contributed by atoms with Gasteiger partial charge in [-0.05, 0) is 11.5 Å². The lowest BCUT2D eigenvalue weighted by molar-refractivity contribution is 0.184. The molecule has 22 heavy (non-hydrogen) atoms. The summed E-state index contributed by atoms with van der Waals surface area (Å²) in [6.45, 7) is 4.77. The van der Waals surface area contributed by atoms with E-state index >= 15 is 0 Å². The number of nitrogens with one attached hydrogen (secondary N) is 1. The Bertz CT molecular complexity index is 730. The van der Waals surface area contributed by atoms with Gasteiger partial charge in [0.25, 0.3) is 5.56 Å². The topological polar surface area (TPSA) is 64.1 Å². The van der Waals surface area contributed by atoms with Gasteiger partial charge in [-0.1, -0.05) is 44.2 Å². The number of aromatic amines is 1. The molecule has 5 heteroatoms. The maximum Gasteiger partial charge on any atom is 0.328 e. The predicted octanol–water partition coefficient (Wildman–Crippen LogP) is 1.90. The Morgan fingerprint density at radius 1 is 1.18 bits per heavy atom. The Kier molecular flexibility index (Phi) is 5.33. The molecule has 0 aliphatic heterocycles. The monoisotopic (exact) mass is 302 g/mol. The molecule has 0 saturated heterocycles. The minimum Gasteiger partial charge on any atom is -0.383 e. The van der Waals surface area contributed by atoms with Crippen LogP contribution in [0, 0.1) is 0 Å². The lowest BCUT2D eigenvalue weighted by Gasteiger charge is -2.18. The smallest absolute Gasteiger partial charge is 0.328 e. The zero-order valence-electron chi connectivity index (χ0n) is 13.3. The molecule has 2 aromatic rings. The number of hydrogen-bond donors (Lipinski definition) is 1. The summed E-state index contributed by atoms with van der Waals surface area (Å²) in [7, 11) is 1.59. The number of nitrogens with zero attached hydrogens (tertiary/aromatic N) is 1. The molecule has 0 fully saturated rings. The fourth-order valence-corrected chi connectivity index (χ4v) is 2.63. The molecule has 0 bridgehead atoms. The van der Waals surface area contributed by atoms with Gasteiger partial charge in [0, 0.05) is 24.8 Å². The molecule has 0 spiro atoms. The van der Waals surface area contributed by atoms with E-state index in [2.05, 4.69) is 4.98 Å². The molecule has 1 heterocycles. The van der Waals surface area contributed by atoms with Gasteiger partial charge in [0.2, 0.25) is 0 Å². The lowest BCUT2D eigenvalue weighted by atomic mass is 9.98. The van der Waals surface area contributed by atoms with Crippen LogP contribution in [-0.2, 0) is 17.7 Å². The van der Waals surface area contributed by atoms with Gasteiger partial charge in [0.05, 0.1) is 13.2 Å². The Hall–Kier alpha value is -2.14. The zero-order chi connectivity index (χ0) is 16.1. The predicted molar refractivity (Wildman–Crippen MR) is 86.5 cm³/mol. The van der Waals surface area contributed by atoms with Gasteiger partial charge in [-0.3, -0.25) is 14.3 Å². The van der Waals surface area contributed by atoms with E-state index in [9.17, 15) is 9.59 Å². The fraction of sp³-hybridized carbons (Fsp3) is 0.412. The van der Waals surface area contributed by atoms with Crippen LogP contribution in [0.4, 0.5) is 0 Å². The first kappa shape index (κ1) is 16.2. The van der Waals surface area contributed by atoms with Crippen LogP contribution in [0.3, 0.4) is 0 Å². The number of methoxy groups -OCH3 is 1. The van der Waals surface area contributed by atoms with Crippen molar-refractivity contribution in [1.82, 2.24) is 9.55 Å². The van der Waals surface area contributed by atoms with Crippen LogP contribution in [-0.4, -0.2) is 23.3 Å². The maximum atomic E-state index is 12.2. The molecule has 0 unspecified atom stereocenters. The molecule has 0 atom stereocenters. The summed E-state index contributed by atoms with van der Waals surface area (Å²) in [5, 5.41) is 0. The van der Waals surface area contributed by atoms with E-state index in [0.717, 1.165) is 11.3 Å². The minimum atomic E-state index is -0.377. The van der Waals surface area contributed by atoms with Crippen molar-refractivity contribution in [3.8, 4) is 0 Å². The van der Waals surface area contributed by atoms with Crippen molar-refractivity contribution < 1.29 is 4.74 Å². The highest BCUT2D eigenvalue weighted by Crippen LogP contribution is 2.17. The Morgan fingerprint density at radius 2 is 1.86 bits per heavy atom. The summed E-state index contributed by atoms with van der Waals surface area (Å²) < 4.78 is 6.70. The van der Waals surface area contributed by atoms with Crippen LogP contribution in [0.2, 0.25) is 0 Å². The molecule has 0 aliphatic rings. The first-order chi connectivity index (χ1) is 10.5. The average molecular weight is 302 g/mol. The summed E-state index contributed by atoms with van der Waals surface area (Å²) >= 11 is 0. The molecule has 1 aromatic heterocycles. The van der Waals surface area contributed by atoms with Gasteiger partial charge < -0.3 is 4.74 Å². The zero-order valence-corrected chi connectivity index (χ0v) is 13.3. The highest BCUT2D eigenvalue weighted by atomic mass is 16.5. The van der Waals surface area contributed by atoms with E-state index in [1.807, 2.05) is 44.2 Å². The largest absolute Gasteiger partial charge is 0.383 e. The molecule has 2 rings (SSSR count). The number of benzene rings is 1. The second-order valence-corrected chi connectivity index (χ2v) is 5.58. The molecule has 1 N–H and O–H groups in total. The normalized spacial score (nSPS) is 11.1. The third kappa shape index (κ3) is 3.54. The Labute approximate surface area is 129 Å². The van der Waals surface area contributed by atoms with Crippen molar-refractivity contribution in [2.24, 2.45) is 0 Å². The van der Waals surface area contributed by atoms with E-state index in [1.54, 1.807) is 11.7 Å². The third-order valence-corrected chi connectivity index (χ3v) is 3.66. The maximum absolute atomic E-state index is 12.2. The first-order valence-corrected chi connectivity index (χ1v) is 7.43. The Morgan fingerprint density at radius 3 is 2.45 bits per heavy atom. The summed E-state index contributed by atoms with van der Waals surface area (Å²) in [5.74, 6) is 0.0388. The van der Waals surface area contributed by atoms with Crippen LogP contribution in [0.5, 0.6) is 0 Å². The van der Waals surface area contributed by atoms with E-state index in [1.165, 1.54) is 0 Å². The van der Waals surface area contributed by atoms with Gasteiger partial charge in [0.15, 0.2) is 0 Å². The molecule has 5 nitrogen and oxygen atoms in total. The molecule has 0 radical (unpaired) electrons. The molecule has 0 amide bonds. The molecule has 1 aromatic carbocycles. The summed E-state index contributed by atoms with van der Waals surface area (Å²) in [6, 6.07) is 9.85. The van der Waals surface area contributed by atoms with Crippen LogP contribution < -0.4 is 11.2 Å². The van der Waals surface area contributed by atoms with Crippen LogP contribution >= 0.6 is 0 Å².